The number of fused-ring (bicyclic) bond motifs is 1. The van der Waals surface area contributed by atoms with Crippen molar-refractivity contribution in [2.24, 2.45) is 0 Å². The number of methoxy groups -OCH3 is 1. The van der Waals surface area contributed by atoms with Gasteiger partial charge in [0.05, 0.1) is 17.7 Å². The van der Waals surface area contributed by atoms with Crippen LogP contribution in [-0.2, 0) is 22.9 Å². The van der Waals surface area contributed by atoms with E-state index in [0.29, 0.717) is 35.5 Å². The van der Waals surface area contributed by atoms with Gasteiger partial charge in [-0.05, 0) is 99.0 Å². The van der Waals surface area contributed by atoms with E-state index in [1.165, 1.54) is 6.07 Å². The van der Waals surface area contributed by atoms with E-state index < -0.39 is 10.0 Å². The zero-order chi connectivity index (χ0) is 23.8. The number of sulfonamides is 1. The molecule has 174 valence electrons. The Kier molecular flexibility index (Phi) is 6.48. The molecule has 1 aliphatic rings. The van der Waals surface area contributed by atoms with Gasteiger partial charge in [0.2, 0.25) is 0 Å². The molecule has 1 aliphatic heterocycles. The number of halogens is 1. The quantitative estimate of drug-likeness (QED) is 0.453. The molecule has 0 bridgehead atoms. The summed E-state index contributed by atoms with van der Waals surface area (Å²) in [6, 6.07) is 15.8. The minimum atomic E-state index is -3.80. The van der Waals surface area contributed by atoms with E-state index in [-0.39, 0.29) is 11.9 Å². The third-order valence-corrected chi connectivity index (χ3v) is 8.45. The van der Waals surface area contributed by atoms with Crippen molar-refractivity contribution in [1.29, 1.82) is 0 Å². The van der Waals surface area contributed by atoms with Crippen LogP contribution in [0.25, 0.3) is 0 Å². The lowest BCUT2D eigenvalue weighted by Crippen LogP contribution is -2.44. The van der Waals surface area contributed by atoms with Crippen molar-refractivity contribution in [2.75, 3.05) is 11.4 Å². The van der Waals surface area contributed by atoms with Crippen LogP contribution < -0.4 is 9.04 Å². The van der Waals surface area contributed by atoms with Gasteiger partial charge in [-0.3, -0.25) is 4.31 Å². The first-order chi connectivity index (χ1) is 15.7. The molecule has 0 fully saturated rings. The van der Waals surface area contributed by atoms with Gasteiger partial charge in [-0.15, -0.1) is 0 Å². The van der Waals surface area contributed by atoms with E-state index in [2.05, 4.69) is 0 Å². The van der Waals surface area contributed by atoms with Gasteiger partial charge in [-0.25, -0.2) is 12.8 Å². The Bertz CT molecular complexity index is 1290. The summed E-state index contributed by atoms with van der Waals surface area (Å²) in [5.74, 6) is 0.294. The maximum Gasteiger partial charge on any atom is 0.264 e. The fourth-order valence-corrected chi connectivity index (χ4v) is 6.65. The second-order valence-electron chi connectivity index (χ2n) is 8.89. The van der Waals surface area contributed by atoms with Crippen molar-refractivity contribution < 1.29 is 17.5 Å². The maximum atomic E-state index is 14.5. The lowest BCUT2D eigenvalue weighted by atomic mass is 9.93. The molecule has 0 spiro atoms. The smallest absolute Gasteiger partial charge is 0.264 e. The standard InChI is InChI=1S/C27H30FNO3S/c1-18-6-14-27(20(3)15-18)33(30,31)29-23(10-8-21-7-5-19(2)16-26(21)29)11-9-22-17-24(32-4)12-13-25(22)28/h5-7,12-17,23H,8-11H2,1-4H3. The van der Waals surface area contributed by atoms with E-state index in [1.807, 2.05) is 51.1 Å². The maximum absolute atomic E-state index is 14.5. The van der Waals surface area contributed by atoms with Crippen LogP contribution in [0, 0.1) is 26.6 Å². The number of hydrogen-bond donors (Lipinski definition) is 0. The molecule has 0 aliphatic carbocycles. The Morgan fingerprint density at radius 3 is 2.45 bits per heavy atom. The highest BCUT2D eigenvalue weighted by Crippen LogP contribution is 2.38. The number of ether oxygens (including phenoxy) is 1. The number of aryl methyl sites for hydroxylation is 5. The Labute approximate surface area is 196 Å². The molecule has 0 N–H and O–H groups in total. The largest absolute Gasteiger partial charge is 0.497 e. The summed E-state index contributed by atoms with van der Waals surface area (Å²) in [6.45, 7) is 5.76. The highest BCUT2D eigenvalue weighted by atomic mass is 32.2. The fourth-order valence-electron chi connectivity index (χ4n) is 4.70. The number of hydrogen-bond acceptors (Lipinski definition) is 3. The van der Waals surface area contributed by atoms with Crippen molar-refractivity contribution in [2.45, 2.75) is 57.4 Å². The summed E-state index contributed by atoms with van der Waals surface area (Å²) in [6.07, 6.45) is 2.42. The number of benzene rings is 3. The first-order valence-corrected chi connectivity index (χ1v) is 12.7. The molecule has 3 aromatic rings. The summed E-state index contributed by atoms with van der Waals surface area (Å²) in [4.78, 5) is 0.319. The topological polar surface area (TPSA) is 46.6 Å². The van der Waals surface area contributed by atoms with Crippen molar-refractivity contribution in [3.05, 3.63) is 88.2 Å². The van der Waals surface area contributed by atoms with Crippen LogP contribution in [0.1, 0.15) is 40.7 Å². The van der Waals surface area contributed by atoms with Crippen LogP contribution in [-0.4, -0.2) is 21.6 Å². The molecule has 0 saturated heterocycles. The van der Waals surface area contributed by atoms with Gasteiger partial charge in [-0.2, -0.15) is 0 Å². The van der Waals surface area contributed by atoms with Gasteiger partial charge < -0.3 is 4.74 Å². The minimum Gasteiger partial charge on any atom is -0.497 e. The van der Waals surface area contributed by atoms with Crippen LogP contribution in [0.4, 0.5) is 10.1 Å². The highest BCUT2D eigenvalue weighted by molar-refractivity contribution is 7.93. The third kappa shape index (κ3) is 4.62. The SMILES string of the molecule is COc1ccc(F)c(CCC2CCc3ccc(C)cc3N2S(=O)(=O)c2ccc(C)cc2C)c1. The highest BCUT2D eigenvalue weighted by Gasteiger charge is 2.36. The van der Waals surface area contributed by atoms with E-state index in [0.717, 1.165) is 34.4 Å². The van der Waals surface area contributed by atoms with Crippen LogP contribution in [0.15, 0.2) is 59.5 Å². The average molecular weight is 468 g/mol. The monoisotopic (exact) mass is 467 g/mol. The van der Waals surface area contributed by atoms with Crippen LogP contribution in [0.3, 0.4) is 0 Å². The predicted octanol–water partition coefficient (Wildman–Crippen LogP) is 5.90. The van der Waals surface area contributed by atoms with Crippen molar-refractivity contribution in [3.63, 3.8) is 0 Å². The number of rotatable bonds is 6. The zero-order valence-corrected chi connectivity index (χ0v) is 20.4. The molecule has 1 atom stereocenters. The number of anilines is 1. The molecule has 0 radical (unpaired) electrons. The summed E-state index contributed by atoms with van der Waals surface area (Å²) < 4.78 is 49.3. The second kappa shape index (κ2) is 9.18. The molecule has 6 heteroatoms. The van der Waals surface area contributed by atoms with Crippen LogP contribution >= 0.6 is 0 Å². The predicted molar refractivity (Wildman–Crippen MR) is 130 cm³/mol. The molecule has 4 nitrogen and oxygen atoms in total. The van der Waals surface area contributed by atoms with Gasteiger partial charge >= 0.3 is 0 Å². The minimum absolute atomic E-state index is 0.268. The van der Waals surface area contributed by atoms with E-state index in [1.54, 1.807) is 29.6 Å². The van der Waals surface area contributed by atoms with E-state index in [9.17, 15) is 12.8 Å². The van der Waals surface area contributed by atoms with E-state index >= 15 is 0 Å². The van der Waals surface area contributed by atoms with Gasteiger partial charge in [0.1, 0.15) is 11.6 Å². The second-order valence-corrected chi connectivity index (χ2v) is 10.7. The fraction of sp³-hybridized carbons (Fsp3) is 0.333. The van der Waals surface area contributed by atoms with Gasteiger partial charge in [0.25, 0.3) is 10.0 Å². The summed E-state index contributed by atoms with van der Waals surface area (Å²) in [5.41, 5.74) is 5.05. The molecule has 0 amide bonds. The molecule has 0 saturated carbocycles. The van der Waals surface area contributed by atoms with Crippen molar-refractivity contribution in [3.8, 4) is 5.75 Å². The van der Waals surface area contributed by atoms with Gasteiger partial charge in [-0.1, -0.05) is 29.8 Å². The molecule has 0 aromatic heterocycles. The molecule has 1 unspecified atom stereocenters. The average Bonchev–Trinajstić information content (AvgIpc) is 2.77. The van der Waals surface area contributed by atoms with Crippen molar-refractivity contribution in [1.82, 2.24) is 0 Å². The summed E-state index contributed by atoms with van der Waals surface area (Å²) >= 11 is 0. The third-order valence-electron chi connectivity index (χ3n) is 6.42. The molecule has 4 rings (SSSR count). The zero-order valence-electron chi connectivity index (χ0n) is 19.6. The number of nitrogens with zero attached hydrogens (tertiary/aromatic N) is 1. The molecule has 33 heavy (non-hydrogen) atoms. The van der Waals surface area contributed by atoms with Gasteiger partial charge in [0, 0.05) is 6.04 Å². The Morgan fingerprint density at radius 1 is 1.00 bits per heavy atom. The van der Waals surface area contributed by atoms with Gasteiger partial charge in [0.15, 0.2) is 0 Å². The molecule has 1 heterocycles. The first kappa shape index (κ1) is 23.3. The lowest BCUT2D eigenvalue weighted by molar-refractivity contribution is 0.412. The summed E-state index contributed by atoms with van der Waals surface area (Å²) in [5, 5.41) is 0. The molecular weight excluding hydrogens is 437 g/mol. The normalized spacial score (nSPS) is 15.9. The Hall–Kier alpha value is -2.86. The van der Waals surface area contributed by atoms with Crippen LogP contribution in [0.2, 0.25) is 0 Å². The molecular formula is C27H30FNO3S. The Morgan fingerprint density at radius 2 is 1.73 bits per heavy atom. The Balaban J connectivity index is 1.75. The van der Waals surface area contributed by atoms with Crippen molar-refractivity contribution >= 4 is 15.7 Å². The van der Waals surface area contributed by atoms with Crippen LogP contribution in [0.5, 0.6) is 5.75 Å². The summed E-state index contributed by atoms with van der Waals surface area (Å²) in [7, 11) is -2.25. The first-order valence-electron chi connectivity index (χ1n) is 11.2. The molecule has 3 aromatic carbocycles. The van der Waals surface area contributed by atoms with E-state index in [4.69, 9.17) is 4.74 Å². The lowest BCUT2D eigenvalue weighted by Gasteiger charge is -2.38.